The Morgan fingerprint density at radius 2 is 2.05 bits per heavy atom. The van der Waals surface area contributed by atoms with Gasteiger partial charge in [-0.05, 0) is 46.6 Å². The molecule has 0 atom stereocenters. The van der Waals surface area contributed by atoms with E-state index in [1.165, 1.54) is 6.07 Å². The van der Waals surface area contributed by atoms with Crippen LogP contribution in [0.3, 0.4) is 0 Å². The van der Waals surface area contributed by atoms with E-state index in [0.717, 1.165) is 21.2 Å². The maximum absolute atomic E-state index is 12.3. The van der Waals surface area contributed by atoms with Crippen LogP contribution in [-0.2, 0) is 0 Å². The molecule has 0 N–H and O–H groups in total. The summed E-state index contributed by atoms with van der Waals surface area (Å²) >= 11 is 3.47. The Morgan fingerprint density at radius 1 is 1.24 bits per heavy atom. The zero-order valence-corrected chi connectivity index (χ0v) is 12.6. The molecule has 0 aliphatic carbocycles. The van der Waals surface area contributed by atoms with Gasteiger partial charge in [-0.1, -0.05) is 12.1 Å². The Bertz CT molecular complexity index is 762. The molecule has 0 bridgehead atoms. The highest BCUT2D eigenvalue weighted by molar-refractivity contribution is 9.10. The molecule has 0 radical (unpaired) electrons. The molecule has 3 rings (SSSR count). The predicted molar refractivity (Wildman–Crippen MR) is 79.7 cm³/mol. The van der Waals surface area contributed by atoms with Gasteiger partial charge in [-0.15, -0.1) is 0 Å². The minimum atomic E-state index is -2.83. The average Bonchev–Trinajstić information content (AvgIpc) is 2.82. The molecule has 1 aromatic carbocycles. The van der Waals surface area contributed by atoms with Crippen molar-refractivity contribution >= 4 is 21.6 Å². The molecule has 3 nitrogen and oxygen atoms in total. The summed E-state index contributed by atoms with van der Waals surface area (Å²) in [5.74, 6) is 0.122. The molecule has 0 aliphatic rings. The van der Waals surface area contributed by atoms with E-state index < -0.39 is 6.61 Å². The Labute approximate surface area is 128 Å². The van der Waals surface area contributed by atoms with E-state index in [0.29, 0.717) is 5.69 Å². The lowest BCUT2D eigenvalue weighted by molar-refractivity contribution is -0.0498. The van der Waals surface area contributed by atoms with Crippen molar-refractivity contribution in [2.75, 3.05) is 0 Å². The van der Waals surface area contributed by atoms with Crippen LogP contribution in [0.25, 0.3) is 16.9 Å². The molecular weight excluding hydrogens is 342 g/mol. The number of nitrogens with zero attached hydrogens (tertiary/aromatic N) is 2. The minimum Gasteiger partial charge on any atom is -0.435 e. The third kappa shape index (κ3) is 2.90. The largest absolute Gasteiger partial charge is 0.435 e. The number of hydrogen-bond donors (Lipinski definition) is 0. The molecule has 0 amide bonds. The predicted octanol–water partition coefficient (Wildman–Crippen LogP) is 4.67. The van der Waals surface area contributed by atoms with E-state index in [4.69, 9.17) is 0 Å². The lowest BCUT2D eigenvalue weighted by Crippen LogP contribution is -2.01. The van der Waals surface area contributed by atoms with Crippen LogP contribution in [0.1, 0.15) is 5.56 Å². The summed E-state index contributed by atoms with van der Waals surface area (Å²) in [6, 6.07) is 8.47. The standard InChI is InChI=1S/C15H11BrF2N2O/c1-9-5-14-19-13(8-20(14)7-12(9)16)10-3-2-4-11(6-10)21-15(17)18/h2-8,15H,1H3. The highest BCUT2D eigenvalue weighted by Crippen LogP contribution is 2.26. The molecule has 6 heteroatoms. The smallest absolute Gasteiger partial charge is 0.387 e. The second kappa shape index (κ2) is 5.44. The normalized spacial score (nSPS) is 11.3. The van der Waals surface area contributed by atoms with Crippen LogP contribution in [0.5, 0.6) is 5.75 Å². The molecule has 0 saturated heterocycles. The van der Waals surface area contributed by atoms with Gasteiger partial charge in [-0.3, -0.25) is 0 Å². The molecule has 0 saturated carbocycles. The van der Waals surface area contributed by atoms with Crippen LogP contribution in [0.2, 0.25) is 0 Å². The number of imidazole rings is 1. The van der Waals surface area contributed by atoms with Gasteiger partial charge < -0.3 is 9.14 Å². The molecular formula is C15H11BrF2N2O. The molecule has 0 aliphatic heterocycles. The van der Waals surface area contributed by atoms with Crippen molar-refractivity contribution in [2.45, 2.75) is 13.5 Å². The second-order valence-electron chi connectivity index (χ2n) is 4.60. The van der Waals surface area contributed by atoms with Gasteiger partial charge in [0.1, 0.15) is 11.4 Å². The Kier molecular flexibility index (Phi) is 3.63. The highest BCUT2D eigenvalue weighted by atomic mass is 79.9. The molecule has 108 valence electrons. The maximum atomic E-state index is 12.3. The van der Waals surface area contributed by atoms with Crippen molar-refractivity contribution in [2.24, 2.45) is 0 Å². The molecule has 2 heterocycles. The van der Waals surface area contributed by atoms with E-state index in [9.17, 15) is 8.78 Å². The van der Waals surface area contributed by atoms with Gasteiger partial charge in [0.2, 0.25) is 0 Å². The van der Waals surface area contributed by atoms with Crippen LogP contribution in [-0.4, -0.2) is 16.0 Å². The first-order chi connectivity index (χ1) is 10.0. The molecule has 0 unspecified atom stereocenters. The van der Waals surface area contributed by atoms with Gasteiger partial charge in [0, 0.05) is 22.4 Å². The Morgan fingerprint density at radius 3 is 2.81 bits per heavy atom. The monoisotopic (exact) mass is 352 g/mol. The minimum absolute atomic E-state index is 0.122. The summed E-state index contributed by atoms with van der Waals surface area (Å²) in [7, 11) is 0. The topological polar surface area (TPSA) is 26.5 Å². The highest BCUT2D eigenvalue weighted by Gasteiger charge is 2.09. The van der Waals surface area contributed by atoms with E-state index in [2.05, 4.69) is 25.7 Å². The first-order valence-corrected chi connectivity index (χ1v) is 7.02. The molecule has 21 heavy (non-hydrogen) atoms. The van der Waals surface area contributed by atoms with Crippen molar-refractivity contribution < 1.29 is 13.5 Å². The van der Waals surface area contributed by atoms with Gasteiger partial charge in [-0.25, -0.2) is 4.98 Å². The fourth-order valence-electron chi connectivity index (χ4n) is 2.08. The van der Waals surface area contributed by atoms with Crippen LogP contribution < -0.4 is 4.74 Å². The van der Waals surface area contributed by atoms with E-state index in [-0.39, 0.29) is 5.75 Å². The van der Waals surface area contributed by atoms with Crippen LogP contribution in [0, 0.1) is 6.92 Å². The van der Waals surface area contributed by atoms with Crippen LogP contribution in [0.4, 0.5) is 8.78 Å². The molecule has 2 aromatic heterocycles. The third-order valence-electron chi connectivity index (χ3n) is 3.09. The summed E-state index contributed by atoms with van der Waals surface area (Å²) in [5, 5.41) is 0. The average molecular weight is 353 g/mol. The van der Waals surface area contributed by atoms with Crippen molar-refractivity contribution in [3.8, 4) is 17.0 Å². The first-order valence-electron chi connectivity index (χ1n) is 6.23. The number of rotatable bonds is 3. The fraction of sp³-hybridized carbons (Fsp3) is 0.133. The molecule has 3 aromatic rings. The first kappa shape index (κ1) is 14.0. The maximum Gasteiger partial charge on any atom is 0.387 e. The van der Waals surface area contributed by atoms with Crippen molar-refractivity contribution in [3.05, 3.63) is 52.8 Å². The number of halogens is 3. The van der Waals surface area contributed by atoms with Gasteiger partial charge in [-0.2, -0.15) is 8.78 Å². The van der Waals surface area contributed by atoms with Gasteiger partial charge in [0.05, 0.1) is 5.69 Å². The molecule has 0 spiro atoms. The lowest BCUT2D eigenvalue weighted by atomic mass is 10.1. The number of aryl methyl sites for hydroxylation is 1. The zero-order valence-electron chi connectivity index (χ0n) is 11.1. The van der Waals surface area contributed by atoms with Crippen molar-refractivity contribution in [1.82, 2.24) is 9.38 Å². The quantitative estimate of drug-likeness (QED) is 0.684. The lowest BCUT2D eigenvalue weighted by Gasteiger charge is -2.05. The van der Waals surface area contributed by atoms with E-state index in [1.807, 2.05) is 35.9 Å². The number of pyridine rings is 1. The zero-order chi connectivity index (χ0) is 15.0. The fourth-order valence-corrected chi connectivity index (χ4v) is 2.41. The Balaban J connectivity index is 2.04. The SMILES string of the molecule is Cc1cc2nc(-c3cccc(OC(F)F)c3)cn2cc1Br. The number of hydrogen-bond acceptors (Lipinski definition) is 2. The van der Waals surface area contributed by atoms with E-state index >= 15 is 0 Å². The summed E-state index contributed by atoms with van der Waals surface area (Å²) in [5.41, 5.74) is 3.30. The summed E-state index contributed by atoms with van der Waals surface area (Å²) in [4.78, 5) is 4.50. The number of aromatic nitrogens is 2. The number of fused-ring (bicyclic) bond motifs is 1. The van der Waals surface area contributed by atoms with Crippen LogP contribution in [0.15, 0.2) is 47.2 Å². The summed E-state index contributed by atoms with van der Waals surface area (Å²) < 4.78 is 31.8. The van der Waals surface area contributed by atoms with Crippen LogP contribution >= 0.6 is 15.9 Å². The van der Waals surface area contributed by atoms with Gasteiger partial charge >= 0.3 is 6.61 Å². The second-order valence-corrected chi connectivity index (χ2v) is 5.46. The Hall–Kier alpha value is -1.95. The van der Waals surface area contributed by atoms with Gasteiger partial charge in [0.15, 0.2) is 0 Å². The summed E-state index contributed by atoms with van der Waals surface area (Å²) in [6.07, 6.45) is 3.77. The van der Waals surface area contributed by atoms with E-state index in [1.54, 1.807) is 12.1 Å². The van der Waals surface area contributed by atoms with Crippen molar-refractivity contribution in [1.29, 1.82) is 0 Å². The summed E-state index contributed by atoms with van der Waals surface area (Å²) in [6.45, 7) is -0.852. The van der Waals surface area contributed by atoms with Crippen molar-refractivity contribution in [3.63, 3.8) is 0 Å². The number of ether oxygens (including phenoxy) is 1. The third-order valence-corrected chi connectivity index (χ3v) is 3.92. The molecule has 0 fully saturated rings. The van der Waals surface area contributed by atoms with Gasteiger partial charge in [0.25, 0.3) is 0 Å². The number of alkyl halides is 2. The number of benzene rings is 1.